The second-order valence-corrected chi connectivity index (χ2v) is 7.04. The lowest BCUT2D eigenvalue weighted by molar-refractivity contribution is -0.165. The van der Waals surface area contributed by atoms with Gasteiger partial charge in [-0.1, -0.05) is 27.7 Å². The maximum Gasteiger partial charge on any atom is 0.409 e. The van der Waals surface area contributed by atoms with Gasteiger partial charge in [0.2, 0.25) is 0 Å². The number of pyridine rings is 1. The second-order valence-electron chi connectivity index (χ2n) is 7.04. The maximum absolute atomic E-state index is 13.0. The van der Waals surface area contributed by atoms with Crippen molar-refractivity contribution in [3.8, 4) is 0 Å². The number of hydrogen-bond donors (Lipinski definition) is 2. The molecule has 0 aliphatic heterocycles. The number of alkyl halides is 3. The van der Waals surface area contributed by atoms with Crippen LogP contribution in [0, 0.1) is 5.92 Å². The molecule has 1 aromatic rings. The Morgan fingerprint density at radius 1 is 1.21 bits per heavy atom. The molecule has 1 heterocycles. The van der Waals surface area contributed by atoms with Crippen molar-refractivity contribution >= 4 is 11.9 Å². The lowest BCUT2D eigenvalue weighted by atomic mass is 10.0. The van der Waals surface area contributed by atoms with Crippen LogP contribution in [0.4, 0.5) is 13.2 Å². The number of amides is 1. The number of aryl methyl sites for hydroxylation is 1. The standard InChI is InChI=1S/C19H27F3N2O4/c1-5-12-9-13(17(27)23-15(10-16(25)26)19(20,21)22)18(28)24(14(12)6-2)8-7-11(3)4/h9,11,15H,5-8,10H2,1-4H3,(H,23,27)(H,25,26). The van der Waals surface area contributed by atoms with Crippen LogP contribution in [0.2, 0.25) is 0 Å². The van der Waals surface area contributed by atoms with E-state index in [1.54, 1.807) is 5.32 Å². The molecule has 9 heteroatoms. The zero-order valence-corrected chi connectivity index (χ0v) is 16.5. The van der Waals surface area contributed by atoms with Crippen LogP contribution in [-0.2, 0) is 24.2 Å². The van der Waals surface area contributed by atoms with Gasteiger partial charge in [-0.15, -0.1) is 0 Å². The molecular formula is C19H27F3N2O4. The summed E-state index contributed by atoms with van der Waals surface area (Å²) in [7, 11) is 0. The third kappa shape index (κ3) is 6.10. The van der Waals surface area contributed by atoms with Crippen LogP contribution in [0.15, 0.2) is 10.9 Å². The smallest absolute Gasteiger partial charge is 0.409 e. The summed E-state index contributed by atoms with van der Waals surface area (Å²) >= 11 is 0. The zero-order chi connectivity index (χ0) is 21.6. The molecule has 0 saturated carbocycles. The average Bonchev–Trinajstić information content (AvgIpc) is 2.57. The molecule has 158 valence electrons. The minimum atomic E-state index is -4.94. The van der Waals surface area contributed by atoms with Crippen molar-refractivity contribution in [2.45, 2.75) is 72.1 Å². The Kier molecular flexibility index (Phi) is 8.26. The maximum atomic E-state index is 13.0. The fourth-order valence-corrected chi connectivity index (χ4v) is 2.93. The monoisotopic (exact) mass is 404 g/mol. The Morgan fingerprint density at radius 2 is 1.82 bits per heavy atom. The first-order chi connectivity index (χ1) is 12.9. The first kappa shape index (κ1) is 23.7. The number of aliphatic carboxylic acids is 1. The third-order valence-corrected chi connectivity index (χ3v) is 4.46. The van der Waals surface area contributed by atoms with Crippen molar-refractivity contribution in [1.29, 1.82) is 0 Å². The van der Waals surface area contributed by atoms with Gasteiger partial charge < -0.3 is 15.0 Å². The van der Waals surface area contributed by atoms with E-state index in [-0.39, 0.29) is 0 Å². The first-order valence-corrected chi connectivity index (χ1v) is 9.27. The van der Waals surface area contributed by atoms with Crippen LogP contribution >= 0.6 is 0 Å². The summed E-state index contributed by atoms with van der Waals surface area (Å²) in [5, 5.41) is 10.4. The summed E-state index contributed by atoms with van der Waals surface area (Å²) in [6.45, 7) is 8.01. The van der Waals surface area contributed by atoms with Gasteiger partial charge in [0.25, 0.3) is 11.5 Å². The van der Waals surface area contributed by atoms with Gasteiger partial charge in [0.1, 0.15) is 11.6 Å². The van der Waals surface area contributed by atoms with Gasteiger partial charge >= 0.3 is 12.1 Å². The number of carbonyl (C=O) groups is 2. The van der Waals surface area contributed by atoms with Gasteiger partial charge in [0.15, 0.2) is 0 Å². The largest absolute Gasteiger partial charge is 0.481 e. The number of carboxylic acid groups (broad SMARTS) is 1. The summed E-state index contributed by atoms with van der Waals surface area (Å²) in [5.41, 5.74) is 0.390. The van der Waals surface area contributed by atoms with Gasteiger partial charge in [0.05, 0.1) is 6.42 Å². The highest BCUT2D eigenvalue weighted by Crippen LogP contribution is 2.23. The fraction of sp³-hybridized carbons (Fsp3) is 0.632. The highest BCUT2D eigenvalue weighted by atomic mass is 19.4. The van der Waals surface area contributed by atoms with Gasteiger partial charge in [-0.3, -0.25) is 14.4 Å². The van der Waals surface area contributed by atoms with Crippen molar-refractivity contribution in [3.05, 3.63) is 33.2 Å². The van der Waals surface area contributed by atoms with E-state index in [9.17, 15) is 27.6 Å². The zero-order valence-electron chi connectivity index (χ0n) is 16.5. The molecule has 1 rings (SSSR count). The number of nitrogens with one attached hydrogen (secondary N) is 1. The van der Waals surface area contributed by atoms with Crippen LogP contribution in [-0.4, -0.2) is 33.8 Å². The van der Waals surface area contributed by atoms with E-state index >= 15 is 0 Å². The number of aromatic nitrogens is 1. The molecule has 6 nitrogen and oxygen atoms in total. The van der Waals surface area contributed by atoms with E-state index in [2.05, 4.69) is 0 Å². The molecule has 0 aromatic carbocycles. The number of rotatable bonds is 9. The van der Waals surface area contributed by atoms with Crippen LogP contribution in [0.1, 0.15) is 62.2 Å². The van der Waals surface area contributed by atoms with Gasteiger partial charge in [-0.25, -0.2) is 0 Å². The highest BCUT2D eigenvalue weighted by molar-refractivity contribution is 5.94. The van der Waals surface area contributed by atoms with Crippen LogP contribution in [0.25, 0.3) is 0 Å². The lowest BCUT2D eigenvalue weighted by Crippen LogP contribution is -2.48. The van der Waals surface area contributed by atoms with E-state index in [0.717, 1.165) is 5.69 Å². The van der Waals surface area contributed by atoms with Gasteiger partial charge in [-0.05, 0) is 36.8 Å². The predicted molar refractivity (Wildman–Crippen MR) is 98.5 cm³/mol. The van der Waals surface area contributed by atoms with Crippen molar-refractivity contribution in [1.82, 2.24) is 9.88 Å². The van der Waals surface area contributed by atoms with E-state index < -0.39 is 41.6 Å². The number of hydrogen-bond acceptors (Lipinski definition) is 3. The third-order valence-electron chi connectivity index (χ3n) is 4.46. The van der Waals surface area contributed by atoms with Crippen LogP contribution < -0.4 is 10.9 Å². The van der Waals surface area contributed by atoms with Crippen molar-refractivity contribution in [3.63, 3.8) is 0 Å². The molecule has 28 heavy (non-hydrogen) atoms. The molecule has 1 amide bonds. The van der Waals surface area contributed by atoms with E-state index in [1.165, 1.54) is 10.6 Å². The minimum absolute atomic E-state index is 0.296. The Hall–Kier alpha value is -2.32. The summed E-state index contributed by atoms with van der Waals surface area (Å²) in [4.78, 5) is 36.0. The van der Waals surface area contributed by atoms with Crippen molar-refractivity contribution in [2.24, 2.45) is 5.92 Å². The van der Waals surface area contributed by atoms with E-state index in [0.29, 0.717) is 37.3 Å². The van der Waals surface area contributed by atoms with Crippen molar-refractivity contribution in [2.75, 3.05) is 0 Å². The second kappa shape index (κ2) is 9.75. The normalized spacial score (nSPS) is 12.9. The molecule has 1 unspecified atom stereocenters. The predicted octanol–water partition coefficient (Wildman–Crippen LogP) is 3.15. The fourth-order valence-electron chi connectivity index (χ4n) is 2.93. The topological polar surface area (TPSA) is 88.4 Å². The molecule has 2 N–H and O–H groups in total. The lowest BCUT2D eigenvalue weighted by Gasteiger charge is -2.22. The Bertz CT molecular complexity index is 770. The van der Waals surface area contributed by atoms with E-state index in [4.69, 9.17) is 5.11 Å². The molecule has 1 aromatic heterocycles. The van der Waals surface area contributed by atoms with Gasteiger partial charge in [0, 0.05) is 12.2 Å². The number of nitrogens with zero attached hydrogens (tertiary/aromatic N) is 1. The average molecular weight is 404 g/mol. The van der Waals surface area contributed by atoms with E-state index in [1.807, 2.05) is 27.7 Å². The molecule has 0 fully saturated rings. The van der Waals surface area contributed by atoms with Crippen LogP contribution in [0.5, 0.6) is 0 Å². The molecule has 0 aliphatic carbocycles. The first-order valence-electron chi connectivity index (χ1n) is 9.27. The minimum Gasteiger partial charge on any atom is -0.481 e. The quantitative estimate of drug-likeness (QED) is 0.662. The molecule has 0 spiro atoms. The number of carbonyl (C=O) groups excluding carboxylic acids is 1. The molecule has 1 atom stereocenters. The Morgan fingerprint density at radius 3 is 2.25 bits per heavy atom. The van der Waals surface area contributed by atoms with Crippen LogP contribution in [0.3, 0.4) is 0 Å². The summed E-state index contributed by atoms with van der Waals surface area (Å²) in [6.07, 6.45) is -4.54. The van der Waals surface area contributed by atoms with Crippen molar-refractivity contribution < 1.29 is 27.9 Å². The van der Waals surface area contributed by atoms with Gasteiger partial charge in [-0.2, -0.15) is 13.2 Å². The summed E-state index contributed by atoms with van der Waals surface area (Å²) in [6, 6.07) is -1.26. The highest BCUT2D eigenvalue weighted by Gasteiger charge is 2.42. The molecule has 0 saturated heterocycles. The molecule has 0 bridgehead atoms. The summed E-state index contributed by atoms with van der Waals surface area (Å²) < 4.78 is 40.6. The molecule has 0 radical (unpaired) electrons. The molecular weight excluding hydrogens is 377 g/mol. The number of carboxylic acids is 1. The Balaban J connectivity index is 3.38. The number of halogens is 3. The SMILES string of the molecule is CCc1cc(C(=O)NC(CC(=O)O)C(F)(F)F)c(=O)n(CCC(C)C)c1CC. The summed E-state index contributed by atoms with van der Waals surface area (Å²) in [5.74, 6) is -2.62. The molecule has 0 aliphatic rings. The Labute approximate surface area is 161 Å².